The zero-order valence-corrected chi connectivity index (χ0v) is 28.2. The van der Waals surface area contributed by atoms with Crippen LogP contribution in [0.25, 0.3) is 6.08 Å². The quantitative estimate of drug-likeness (QED) is 0.101. The summed E-state index contributed by atoms with van der Waals surface area (Å²) in [6, 6.07) is 13.3. The molecule has 0 saturated heterocycles. The maximum Gasteiger partial charge on any atom is 0.434 e. The van der Waals surface area contributed by atoms with Crippen molar-refractivity contribution in [1.82, 2.24) is 4.57 Å². The SMILES string of the molecule is CCOC(=O)C1=C(C(F)(F)F)N=c2s/c(=C\c3cc(Br)c(OCc4ccc([N+](=O)[O-])cc4)c(OCC)c3)c(=O)n2[C@@H]1c1ccc(Cl)cc1. The zero-order valence-electron chi connectivity index (χ0n) is 25.0. The molecule has 0 spiro atoms. The molecular formula is C32H24BrClF3N3O7S. The van der Waals surface area contributed by atoms with Crippen molar-refractivity contribution in [2.75, 3.05) is 13.2 Å². The number of nitro benzene ring substituents is 1. The highest BCUT2D eigenvalue weighted by Gasteiger charge is 2.45. The third kappa shape index (κ3) is 7.32. The summed E-state index contributed by atoms with van der Waals surface area (Å²) in [6.45, 7) is 3.33. The molecule has 0 radical (unpaired) electrons. The van der Waals surface area contributed by atoms with Crippen molar-refractivity contribution in [2.24, 2.45) is 4.99 Å². The van der Waals surface area contributed by atoms with Gasteiger partial charge in [-0.15, -0.1) is 0 Å². The zero-order chi connectivity index (χ0) is 34.7. The Morgan fingerprint density at radius 1 is 1.10 bits per heavy atom. The Hall–Kier alpha value is -4.47. The molecule has 0 fully saturated rings. The average Bonchev–Trinajstić information content (AvgIpc) is 3.34. The number of esters is 1. The van der Waals surface area contributed by atoms with E-state index in [9.17, 15) is 32.9 Å². The van der Waals surface area contributed by atoms with Crippen LogP contribution in [-0.2, 0) is 16.1 Å². The van der Waals surface area contributed by atoms with Gasteiger partial charge in [-0.2, -0.15) is 13.2 Å². The molecule has 0 saturated carbocycles. The first-order chi connectivity index (χ1) is 22.8. The number of allylic oxidation sites excluding steroid dienone is 1. The van der Waals surface area contributed by atoms with Crippen molar-refractivity contribution >= 4 is 56.6 Å². The van der Waals surface area contributed by atoms with Crippen molar-refractivity contribution < 1.29 is 37.1 Å². The lowest BCUT2D eigenvalue weighted by Gasteiger charge is -2.26. The summed E-state index contributed by atoms with van der Waals surface area (Å²) < 4.78 is 61.4. The van der Waals surface area contributed by atoms with Gasteiger partial charge < -0.3 is 14.2 Å². The Kier molecular flexibility index (Phi) is 10.4. The molecule has 3 aromatic carbocycles. The topological polar surface area (TPSA) is 122 Å². The molecule has 2 heterocycles. The molecule has 0 bridgehead atoms. The van der Waals surface area contributed by atoms with Crippen molar-refractivity contribution in [1.29, 1.82) is 0 Å². The van der Waals surface area contributed by atoms with Gasteiger partial charge in [0.1, 0.15) is 6.61 Å². The first-order valence-electron chi connectivity index (χ1n) is 14.2. The number of ether oxygens (including phenoxy) is 3. The maximum atomic E-state index is 14.4. The molecule has 0 amide bonds. The number of alkyl halides is 3. The lowest BCUT2D eigenvalue weighted by atomic mass is 9.95. The lowest BCUT2D eigenvalue weighted by molar-refractivity contribution is -0.384. The molecule has 1 aromatic heterocycles. The van der Waals surface area contributed by atoms with E-state index in [0.717, 1.165) is 15.9 Å². The van der Waals surface area contributed by atoms with Crippen LogP contribution in [-0.4, -0.2) is 34.8 Å². The minimum atomic E-state index is -5.04. The molecule has 4 aromatic rings. The summed E-state index contributed by atoms with van der Waals surface area (Å²) in [5.74, 6) is -0.626. The molecule has 48 heavy (non-hydrogen) atoms. The van der Waals surface area contributed by atoms with Gasteiger partial charge in [-0.05, 0) is 88.9 Å². The Balaban J connectivity index is 1.61. The second kappa shape index (κ2) is 14.3. The number of benzene rings is 3. The number of halogens is 5. The minimum absolute atomic E-state index is 0.0354. The predicted molar refractivity (Wildman–Crippen MR) is 175 cm³/mol. The van der Waals surface area contributed by atoms with Crippen LogP contribution < -0.4 is 24.4 Å². The number of rotatable bonds is 10. The van der Waals surface area contributed by atoms with Crippen LogP contribution in [0.3, 0.4) is 0 Å². The van der Waals surface area contributed by atoms with Crippen LogP contribution in [0, 0.1) is 10.1 Å². The van der Waals surface area contributed by atoms with E-state index >= 15 is 0 Å². The number of non-ortho nitro benzene ring substituents is 1. The summed E-state index contributed by atoms with van der Waals surface area (Å²) in [6.07, 6.45) is -3.57. The monoisotopic (exact) mass is 765 g/mol. The van der Waals surface area contributed by atoms with E-state index in [1.807, 2.05) is 0 Å². The normalized spacial score (nSPS) is 14.7. The van der Waals surface area contributed by atoms with E-state index in [1.165, 1.54) is 49.4 Å². The molecule has 1 atom stereocenters. The van der Waals surface area contributed by atoms with E-state index in [1.54, 1.807) is 31.2 Å². The van der Waals surface area contributed by atoms with E-state index in [4.69, 9.17) is 25.8 Å². The molecule has 5 rings (SSSR count). The highest BCUT2D eigenvalue weighted by molar-refractivity contribution is 9.10. The van der Waals surface area contributed by atoms with Gasteiger partial charge in [-0.3, -0.25) is 19.5 Å². The van der Waals surface area contributed by atoms with Gasteiger partial charge in [0, 0.05) is 17.2 Å². The fraction of sp³-hybridized carbons (Fsp3) is 0.219. The molecule has 0 aliphatic carbocycles. The van der Waals surface area contributed by atoms with Crippen LogP contribution in [0.1, 0.15) is 36.6 Å². The van der Waals surface area contributed by atoms with Gasteiger partial charge in [0.15, 0.2) is 22.0 Å². The Labute approximate surface area is 287 Å². The number of fused-ring (bicyclic) bond motifs is 1. The van der Waals surface area contributed by atoms with E-state index < -0.39 is 39.9 Å². The van der Waals surface area contributed by atoms with Gasteiger partial charge >= 0.3 is 12.1 Å². The number of carbonyl (C=O) groups is 1. The number of hydrogen-bond donors (Lipinski definition) is 0. The molecule has 0 unspecified atom stereocenters. The molecule has 250 valence electrons. The van der Waals surface area contributed by atoms with Crippen molar-refractivity contribution in [3.05, 3.63) is 128 Å². The van der Waals surface area contributed by atoms with Gasteiger partial charge in [0.05, 0.1) is 38.8 Å². The molecule has 16 heteroatoms. The van der Waals surface area contributed by atoms with Crippen molar-refractivity contribution in [3.8, 4) is 11.5 Å². The summed E-state index contributed by atoms with van der Waals surface area (Å²) >= 11 is 10.2. The van der Waals surface area contributed by atoms with Crippen molar-refractivity contribution in [3.63, 3.8) is 0 Å². The Bertz CT molecular complexity index is 2100. The van der Waals surface area contributed by atoms with Gasteiger partial charge in [-0.1, -0.05) is 35.1 Å². The highest BCUT2D eigenvalue weighted by Crippen LogP contribution is 2.39. The fourth-order valence-electron chi connectivity index (χ4n) is 4.90. The molecule has 0 N–H and O–H groups in total. The summed E-state index contributed by atoms with van der Waals surface area (Å²) in [5, 5.41) is 11.3. The van der Waals surface area contributed by atoms with E-state index in [-0.39, 0.29) is 40.4 Å². The first-order valence-corrected chi connectivity index (χ1v) is 16.2. The molecule has 1 aliphatic rings. The Morgan fingerprint density at radius 2 is 1.79 bits per heavy atom. The third-order valence-corrected chi connectivity index (χ3v) is 8.76. The second-order valence-electron chi connectivity index (χ2n) is 10.1. The van der Waals surface area contributed by atoms with E-state index in [0.29, 0.717) is 32.1 Å². The van der Waals surface area contributed by atoms with Crippen molar-refractivity contribution in [2.45, 2.75) is 32.7 Å². The smallest absolute Gasteiger partial charge is 0.434 e. The molecule has 10 nitrogen and oxygen atoms in total. The average molecular weight is 767 g/mol. The summed E-state index contributed by atoms with van der Waals surface area (Å²) in [7, 11) is 0. The largest absolute Gasteiger partial charge is 0.490 e. The Morgan fingerprint density at radius 3 is 2.40 bits per heavy atom. The number of thiazole rings is 1. The van der Waals surface area contributed by atoms with Gasteiger partial charge in [0.2, 0.25) is 0 Å². The fourth-order valence-corrected chi connectivity index (χ4v) is 6.60. The summed E-state index contributed by atoms with van der Waals surface area (Å²) in [4.78, 5) is 40.9. The number of nitrogens with zero attached hydrogens (tertiary/aromatic N) is 3. The lowest BCUT2D eigenvalue weighted by Crippen LogP contribution is -2.41. The number of carbonyl (C=O) groups excluding carboxylic acids is 1. The number of hydrogen-bond acceptors (Lipinski definition) is 9. The van der Waals surface area contributed by atoms with Crippen LogP contribution in [0.4, 0.5) is 18.9 Å². The minimum Gasteiger partial charge on any atom is -0.490 e. The van der Waals surface area contributed by atoms with Gasteiger partial charge in [0.25, 0.3) is 11.2 Å². The van der Waals surface area contributed by atoms with Crippen LogP contribution >= 0.6 is 38.9 Å². The van der Waals surface area contributed by atoms with Crippen LogP contribution in [0.15, 0.2) is 86.2 Å². The van der Waals surface area contributed by atoms with E-state index in [2.05, 4.69) is 20.9 Å². The highest BCUT2D eigenvalue weighted by atomic mass is 79.9. The molecular weight excluding hydrogens is 743 g/mol. The number of aromatic nitrogens is 1. The molecule has 1 aliphatic heterocycles. The first kappa shape index (κ1) is 34.9. The maximum absolute atomic E-state index is 14.4. The standard InChI is InChI=1S/C32H24BrClF3N3O7S/c1-3-45-23-14-18(13-22(33)27(23)47-16-17-5-11-21(12-6-17)40(43)44)15-24-29(41)39-26(19-7-9-20(34)10-8-19)25(30(42)46-4-2)28(32(35,36)37)38-31(39)48-24/h5-15,26H,3-4,16H2,1-2H3/b24-15-/t26-/m1/s1. The van der Waals surface area contributed by atoms with Gasteiger partial charge in [-0.25, -0.2) is 9.79 Å². The van der Waals surface area contributed by atoms with Crippen LogP contribution in [0.5, 0.6) is 11.5 Å². The predicted octanol–water partition coefficient (Wildman–Crippen LogP) is 6.64. The number of nitro groups is 1. The summed E-state index contributed by atoms with van der Waals surface area (Å²) in [5.41, 5.74) is -1.71. The van der Waals surface area contributed by atoms with Crippen LogP contribution in [0.2, 0.25) is 5.02 Å². The second-order valence-corrected chi connectivity index (χ2v) is 12.4. The third-order valence-electron chi connectivity index (χ3n) is 6.94.